The molecule has 0 N–H and O–H groups in total. The van der Waals surface area contributed by atoms with Gasteiger partial charge in [-0.25, -0.2) is 14.8 Å². The van der Waals surface area contributed by atoms with Crippen LogP contribution >= 0.6 is 0 Å². The first-order valence-corrected chi connectivity index (χ1v) is 5.64. The molecule has 1 aromatic carbocycles. The van der Waals surface area contributed by atoms with E-state index in [0.717, 1.165) is 5.56 Å². The van der Waals surface area contributed by atoms with Gasteiger partial charge in [0.2, 0.25) is 6.79 Å². The number of hydrogen-bond acceptors (Lipinski definition) is 6. The Labute approximate surface area is 109 Å². The van der Waals surface area contributed by atoms with Crippen molar-refractivity contribution in [3.63, 3.8) is 0 Å². The predicted molar refractivity (Wildman–Crippen MR) is 63.7 cm³/mol. The van der Waals surface area contributed by atoms with Crippen LogP contribution in [0, 0.1) is 0 Å². The highest BCUT2D eigenvalue weighted by Crippen LogP contribution is 2.32. The van der Waals surface area contributed by atoms with E-state index in [0.29, 0.717) is 11.5 Å². The molecule has 0 unspecified atom stereocenters. The van der Waals surface area contributed by atoms with Gasteiger partial charge in [0.1, 0.15) is 12.9 Å². The molecule has 6 heteroatoms. The number of hydrogen-bond donors (Lipinski definition) is 0. The topological polar surface area (TPSA) is 70.5 Å². The zero-order valence-electron chi connectivity index (χ0n) is 9.91. The van der Waals surface area contributed by atoms with E-state index in [-0.39, 0.29) is 19.1 Å². The van der Waals surface area contributed by atoms with Crippen LogP contribution in [0.15, 0.2) is 36.8 Å². The lowest BCUT2D eigenvalue weighted by atomic mass is 10.2. The Morgan fingerprint density at radius 3 is 3.00 bits per heavy atom. The lowest BCUT2D eigenvalue weighted by Crippen LogP contribution is -2.07. The molecular formula is C13H10N2O4. The Kier molecular flexibility index (Phi) is 2.97. The molecule has 19 heavy (non-hydrogen) atoms. The Bertz CT molecular complexity index is 601. The zero-order chi connectivity index (χ0) is 13.1. The summed E-state index contributed by atoms with van der Waals surface area (Å²) in [6.07, 6.45) is 2.79. The van der Waals surface area contributed by atoms with E-state index in [1.54, 1.807) is 12.1 Å². The zero-order valence-corrected chi connectivity index (χ0v) is 9.91. The molecule has 0 fully saturated rings. The molecule has 0 aliphatic carbocycles. The van der Waals surface area contributed by atoms with Crippen LogP contribution in [0.5, 0.6) is 11.5 Å². The number of ether oxygens (including phenoxy) is 3. The van der Waals surface area contributed by atoms with Crippen molar-refractivity contribution < 1.29 is 19.0 Å². The lowest BCUT2D eigenvalue weighted by Gasteiger charge is -2.05. The van der Waals surface area contributed by atoms with Crippen LogP contribution in [0.2, 0.25) is 0 Å². The third-order valence-corrected chi connectivity index (χ3v) is 2.60. The fourth-order valence-electron chi connectivity index (χ4n) is 1.66. The van der Waals surface area contributed by atoms with E-state index in [9.17, 15) is 4.79 Å². The highest BCUT2D eigenvalue weighted by molar-refractivity contribution is 5.86. The smallest absolute Gasteiger partial charge is 0.357 e. The summed E-state index contributed by atoms with van der Waals surface area (Å²) in [6, 6.07) is 6.90. The normalized spacial score (nSPS) is 12.2. The van der Waals surface area contributed by atoms with Crippen LogP contribution in [0.25, 0.3) is 0 Å². The van der Waals surface area contributed by atoms with Crippen LogP contribution in [0.3, 0.4) is 0 Å². The minimum atomic E-state index is -0.486. The number of carbonyl (C=O) groups excluding carboxylic acids is 1. The molecule has 1 aliphatic rings. The van der Waals surface area contributed by atoms with Gasteiger partial charge < -0.3 is 14.2 Å². The first-order valence-electron chi connectivity index (χ1n) is 5.64. The summed E-state index contributed by atoms with van der Waals surface area (Å²) in [6.45, 7) is 0.374. The molecule has 0 saturated heterocycles. The van der Waals surface area contributed by atoms with Gasteiger partial charge in [0.15, 0.2) is 17.2 Å². The van der Waals surface area contributed by atoms with Crippen molar-refractivity contribution in [3.05, 3.63) is 48.0 Å². The summed E-state index contributed by atoms with van der Waals surface area (Å²) in [5, 5.41) is 0. The third-order valence-electron chi connectivity index (χ3n) is 2.60. The van der Waals surface area contributed by atoms with Crippen molar-refractivity contribution in [2.75, 3.05) is 6.79 Å². The number of esters is 1. The number of aromatic nitrogens is 2. The maximum Gasteiger partial charge on any atom is 0.357 e. The predicted octanol–water partition coefficient (Wildman–Crippen LogP) is 1.56. The van der Waals surface area contributed by atoms with E-state index in [2.05, 4.69) is 9.97 Å². The molecule has 2 aromatic rings. The van der Waals surface area contributed by atoms with Crippen molar-refractivity contribution in [1.82, 2.24) is 9.97 Å². The van der Waals surface area contributed by atoms with Gasteiger partial charge in [0.05, 0.1) is 0 Å². The fourth-order valence-corrected chi connectivity index (χ4v) is 1.66. The van der Waals surface area contributed by atoms with Gasteiger partial charge in [-0.1, -0.05) is 6.07 Å². The van der Waals surface area contributed by atoms with Crippen molar-refractivity contribution in [2.45, 2.75) is 6.61 Å². The quantitative estimate of drug-likeness (QED) is 0.778. The van der Waals surface area contributed by atoms with Crippen molar-refractivity contribution >= 4 is 5.97 Å². The first-order chi connectivity index (χ1) is 9.33. The highest BCUT2D eigenvalue weighted by atomic mass is 16.7. The molecule has 1 aliphatic heterocycles. The Morgan fingerprint density at radius 2 is 2.16 bits per heavy atom. The van der Waals surface area contributed by atoms with E-state index < -0.39 is 5.97 Å². The number of rotatable bonds is 3. The van der Waals surface area contributed by atoms with Crippen LogP contribution in [0.1, 0.15) is 16.1 Å². The van der Waals surface area contributed by atoms with Gasteiger partial charge in [-0.05, 0) is 23.8 Å². The van der Waals surface area contributed by atoms with Gasteiger partial charge in [-0.3, -0.25) is 0 Å². The molecule has 0 bridgehead atoms. The molecule has 2 heterocycles. The maximum absolute atomic E-state index is 11.7. The summed E-state index contributed by atoms with van der Waals surface area (Å²) in [5.41, 5.74) is 1.06. The molecule has 0 spiro atoms. The van der Waals surface area contributed by atoms with E-state index in [1.165, 1.54) is 18.6 Å². The molecule has 3 rings (SSSR count). The minimum Gasteiger partial charge on any atom is -0.456 e. The first kappa shape index (κ1) is 11.5. The standard InChI is InChI=1S/C13H10N2O4/c16-13(10-3-4-14-7-15-10)17-6-9-1-2-11-12(5-9)19-8-18-11/h1-5,7H,6,8H2. The summed E-state index contributed by atoms with van der Waals surface area (Å²) < 4.78 is 15.6. The van der Waals surface area contributed by atoms with Gasteiger partial charge in [0.25, 0.3) is 0 Å². The molecule has 0 amide bonds. The fraction of sp³-hybridized carbons (Fsp3) is 0.154. The van der Waals surface area contributed by atoms with Gasteiger partial charge in [-0.2, -0.15) is 0 Å². The Balaban J connectivity index is 1.65. The Hall–Kier alpha value is -2.63. The van der Waals surface area contributed by atoms with Crippen LogP contribution in [0.4, 0.5) is 0 Å². The lowest BCUT2D eigenvalue weighted by molar-refractivity contribution is 0.0465. The number of fused-ring (bicyclic) bond motifs is 1. The van der Waals surface area contributed by atoms with E-state index in [4.69, 9.17) is 14.2 Å². The molecule has 6 nitrogen and oxygen atoms in total. The second kappa shape index (κ2) is 4.93. The molecule has 96 valence electrons. The average molecular weight is 258 g/mol. The summed E-state index contributed by atoms with van der Waals surface area (Å²) in [7, 11) is 0. The summed E-state index contributed by atoms with van der Waals surface area (Å²) >= 11 is 0. The number of nitrogens with zero attached hydrogens (tertiary/aromatic N) is 2. The van der Waals surface area contributed by atoms with Gasteiger partial charge in [-0.15, -0.1) is 0 Å². The van der Waals surface area contributed by atoms with Crippen molar-refractivity contribution in [1.29, 1.82) is 0 Å². The molecule has 1 aromatic heterocycles. The SMILES string of the molecule is O=C(OCc1ccc2c(c1)OCO2)c1ccncn1. The Morgan fingerprint density at radius 1 is 1.26 bits per heavy atom. The third kappa shape index (κ3) is 2.47. The largest absolute Gasteiger partial charge is 0.456 e. The molecular weight excluding hydrogens is 248 g/mol. The number of carbonyl (C=O) groups is 1. The molecule has 0 atom stereocenters. The summed E-state index contributed by atoms with van der Waals surface area (Å²) in [4.78, 5) is 19.2. The maximum atomic E-state index is 11.7. The second-order valence-corrected chi connectivity index (χ2v) is 3.86. The summed E-state index contributed by atoms with van der Waals surface area (Å²) in [5.74, 6) is 0.876. The molecule has 0 saturated carbocycles. The van der Waals surface area contributed by atoms with Crippen LogP contribution < -0.4 is 9.47 Å². The molecule has 0 radical (unpaired) electrons. The second-order valence-electron chi connectivity index (χ2n) is 3.86. The van der Waals surface area contributed by atoms with Crippen molar-refractivity contribution in [2.24, 2.45) is 0 Å². The average Bonchev–Trinajstić information content (AvgIpc) is 2.93. The van der Waals surface area contributed by atoms with Crippen LogP contribution in [-0.2, 0) is 11.3 Å². The van der Waals surface area contributed by atoms with Crippen molar-refractivity contribution in [3.8, 4) is 11.5 Å². The minimum absolute atomic E-state index is 0.152. The number of benzene rings is 1. The monoisotopic (exact) mass is 258 g/mol. The van der Waals surface area contributed by atoms with Gasteiger partial charge in [0, 0.05) is 6.20 Å². The van der Waals surface area contributed by atoms with E-state index >= 15 is 0 Å². The van der Waals surface area contributed by atoms with E-state index in [1.807, 2.05) is 6.07 Å². The van der Waals surface area contributed by atoms with Crippen LogP contribution in [-0.4, -0.2) is 22.7 Å². The van der Waals surface area contributed by atoms with Gasteiger partial charge >= 0.3 is 5.97 Å². The highest BCUT2D eigenvalue weighted by Gasteiger charge is 2.14.